The number of nitrogens with two attached hydrogens (primary N) is 1. The summed E-state index contributed by atoms with van der Waals surface area (Å²) in [6, 6.07) is 4.86. The summed E-state index contributed by atoms with van der Waals surface area (Å²) in [4.78, 5) is 28.8. The standard InChI is InChI=1S/C30H42N4O14/c1-4-32-17-12-19(18(11-16(17)27(40)41)46-14-34-30(31)33-7-5-6-8-35)47-29-26(39)25(38)24(37)22(48-29)13-45-28(42)15-9-20(43-2)23(36)21(10-15)44-3/h9-12,22,24-26,29,32,35-39H,4-8,13-14H2,1-3H3,(H,40,41)(H3,31,33,34)/t22-,24-,25+,26-,29+/m1/s1. The molecule has 10 N–H and O–H groups in total. The number of rotatable bonds is 17. The van der Waals surface area contributed by atoms with Crippen molar-refractivity contribution >= 4 is 23.6 Å². The van der Waals surface area contributed by atoms with Crippen LogP contribution in [0.4, 0.5) is 5.69 Å². The van der Waals surface area contributed by atoms with Gasteiger partial charge >= 0.3 is 11.9 Å². The van der Waals surface area contributed by atoms with Crippen LogP contribution in [0.2, 0.25) is 0 Å². The van der Waals surface area contributed by atoms with Gasteiger partial charge < -0.3 is 75.4 Å². The second-order valence-corrected chi connectivity index (χ2v) is 10.3. The number of ether oxygens (including phenoxy) is 6. The summed E-state index contributed by atoms with van der Waals surface area (Å²) in [5, 5.41) is 66.5. The number of carbonyl (C=O) groups is 2. The van der Waals surface area contributed by atoms with Crippen molar-refractivity contribution in [1.82, 2.24) is 5.32 Å². The molecule has 0 bridgehead atoms. The quantitative estimate of drug-likeness (QED) is 0.0444. The number of methoxy groups -OCH3 is 2. The molecule has 48 heavy (non-hydrogen) atoms. The number of aliphatic hydroxyl groups is 4. The Morgan fingerprint density at radius 2 is 1.67 bits per heavy atom. The highest BCUT2D eigenvalue weighted by atomic mass is 16.7. The monoisotopic (exact) mass is 682 g/mol. The number of aliphatic hydroxyl groups excluding tert-OH is 4. The SMILES string of the molecule is CCNc1cc(O[C@H]2O[C@H](COC(=O)c3cc(OC)c(O)c(OC)c3)[C@@H](O)[C@H](O)[C@H]2O)c(OCN=C(N)NCCCCO)cc1C(=O)O. The predicted octanol–water partition coefficient (Wildman–Crippen LogP) is -0.404. The highest BCUT2D eigenvalue weighted by Gasteiger charge is 2.46. The maximum atomic E-state index is 12.8. The van der Waals surface area contributed by atoms with Gasteiger partial charge in [0.15, 0.2) is 35.7 Å². The Morgan fingerprint density at radius 1 is 0.979 bits per heavy atom. The van der Waals surface area contributed by atoms with E-state index in [1.807, 2.05) is 0 Å². The fourth-order valence-electron chi connectivity index (χ4n) is 4.49. The number of phenols is 1. The number of aliphatic imine (C=N–C) groups is 1. The number of anilines is 1. The maximum absolute atomic E-state index is 12.8. The molecule has 18 heteroatoms. The minimum Gasteiger partial charge on any atom is -0.502 e. The van der Waals surface area contributed by atoms with Crippen LogP contribution in [0.15, 0.2) is 29.3 Å². The second kappa shape index (κ2) is 18.0. The van der Waals surface area contributed by atoms with Gasteiger partial charge in [-0.05, 0) is 31.9 Å². The van der Waals surface area contributed by atoms with Crippen molar-refractivity contribution in [3.63, 3.8) is 0 Å². The average molecular weight is 683 g/mol. The first kappa shape index (κ1) is 37.7. The molecule has 0 radical (unpaired) electrons. The van der Waals surface area contributed by atoms with Gasteiger partial charge in [-0.3, -0.25) is 0 Å². The number of aromatic carboxylic acids is 1. The lowest BCUT2D eigenvalue weighted by Gasteiger charge is -2.40. The molecule has 1 saturated heterocycles. The average Bonchev–Trinajstić information content (AvgIpc) is 3.07. The zero-order valence-corrected chi connectivity index (χ0v) is 26.6. The van der Waals surface area contributed by atoms with Crippen LogP contribution in [0.1, 0.15) is 40.5 Å². The Balaban J connectivity index is 1.82. The molecular formula is C30H42N4O14. The Kier molecular flexibility index (Phi) is 14.1. The van der Waals surface area contributed by atoms with Crippen LogP contribution >= 0.6 is 0 Å². The third-order valence-corrected chi connectivity index (χ3v) is 7.03. The van der Waals surface area contributed by atoms with Crippen molar-refractivity contribution in [2.24, 2.45) is 10.7 Å². The number of guanidine groups is 1. The van der Waals surface area contributed by atoms with E-state index in [-0.39, 0.29) is 64.9 Å². The summed E-state index contributed by atoms with van der Waals surface area (Å²) in [6.07, 6.45) is -7.22. The first-order valence-electron chi connectivity index (χ1n) is 14.9. The van der Waals surface area contributed by atoms with Crippen LogP contribution in [0.25, 0.3) is 0 Å². The van der Waals surface area contributed by atoms with Crippen molar-refractivity contribution in [3.05, 3.63) is 35.4 Å². The van der Waals surface area contributed by atoms with Crippen molar-refractivity contribution in [1.29, 1.82) is 0 Å². The molecule has 1 heterocycles. The van der Waals surface area contributed by atoms with E-state index >= 15 is 0 Å². The van der Waals surface area contributed by atoms with Gasteiger partial charge in [0.05, 0.1) is 31.0 Å². The summed E-state index contributed by atoms with van der Waals surface area (Å²) in [5.41, 5.74) is 5.72. The van der Waals surface area contributed by atoms with Crippen LogP contribution in [-0.2, 0) is 9.47 Å². The number of aromatic hydroxyl groups is 1. The number of hydrogen-bond acceptors (Lipinski definition) is 15. The lowest BCUT2D eigenvalue weighted by Crippen LogP contribution is -2.60. The number of esters is 1. The van der Waals surface area contributed by atoms with E-state index in [4.69, 9.17) is 39.3 Å². The first-order chi connectivity index (χ1) is 22.9. The molecule has 1 aliphatic rings. The van der Waals surface area contributed by atoms with Crippen molar-refractivity contribution in [3.8, 4) is 28.7 Å². The minimum atomic E-state index is -1.82. The van der Waals surface area contributed by atoms with E-state index in [0.717, 1.165) is 6.07 Å². The molecule has 0 amide bonds. The van der Waals surface area contributed by atoms with Crippen molar-refractivity contribution in [2.75, 3.05) is 52.6 Å². The molecule has 3 rings (SSSR count). The molecule has 1 fully saturated rings. The molecule has 2 aromatic carbocycles. The molecule has 2 aromatic rings. The third-order valence-electron chi connectivity index (χ3n) is 7.03. The fraction of sp³-hybridized carbons (Fsp3) is 0.500. The van der Waals surface area contributed by atoms with Crippen LogP contribution in [0.5, 0.6) is 28.7 Å². The number of nitrogens with zero attached hydrogens (tertiary/aromatic N) is 1. The van der Waals surface area contributed by atoms with Gasteiger partial charge in [0, 0.05) is 31.8 Å². The van der Waals surface area contributed by atoms with Gasteiger partial charge in [0.2, 0.25) is 12.0 Å². The smallest absolute Gasteiger partial charge is 0.338 e. The zero-order valence-electron chi connectivity index (χ0n) is 26.6. The number of carbonyl (C=O) groups excluding carboxylic acids is 1. The largest absolute Gasteiger partial charge is 0.502 e. The lowest BCUT2D eigenvalue weighted by atomic mass is 9.99. The normalized spacial score (nSPS) is 20.8. The van der Waals surface area contributed by atoms with Crippen LogP contribution < -0.4 is 35.3 Å². The number of benzene rings is 2. The van der Waals surface area contributed by atoms with Crippen molar-refractivity contribution in [2.45, 2.75) is 50.5 Å². The Bertz CT molecular complexity index is 1400. The molecule has 0 aromatic heterocycles. The lowest BCUT2D eigenvalue weighted by molar-refractivity contribution is -0.277. The number of carboxylic acid groups (broad SMARTS) is 1. The van der Waals surface area contributed by atoms with E-state index in [1.165, 1.54) is 32.4 Å². The van der Waals surface area contributed by atoms with Gasteiger partial charge in [-0.25, -0.2) is 14.6 Å². The second-order valence-electron chi connectivity index (χ2n) is 10.3. The fourth-order valence-corrected chi connectivity index (χ4v) is 4.49. The zero-order chi connectivity index (χ0) is 35.4. The van der Waals surface area contributed by atoms with Gasteiger partial charge in [0.25, 0.3) is 0 Å². The number of unbranched alkanes of at least 4 members (excludes halogenated alkanes) is 1. The predicted molar refractivity (Wildman–Crippen MR) is 168 cm³/mol. The van der Waals surface area contributed by atoms with Crippen LogP contribution in [-0.4, -0.2) is 126 Å². The molecule has 266 valence electrons. The van der Waals surface area contributed by atoms with Crippen molar-refractivity contribution < 1.29 is 68.6 Å². The summed E-state index contributed by atoms with van der Waals surface area (Å²) >= 11 is 0. The molecule has 0 spiro atoms. The summed E-state index contributed by atoms with van der Waals surface area (Å²) in [6.45, 7) is 1.56. The molecule has 1 aliphatic heterocycles. The number of phenolic OH excluding ortho intramolecular Hbond substituents is 1. The van der Waals surface area contributed by atoms with Crippen LogP contribution in [0, 0.1) is 0 Å². The molecule has 18 nitrogen and oxygen atoms in total. The van der Waals surface area contributed by atoms with E-state index in [9.17, 15) is 35.1 Å². The van der Waals surface area contributed by atoms with Gasteiger partial charge in [-0.15, -0.1) is 0 Å². The summed E-state index contributed by atoms with van der Waals surface area (Å²) < 4.78 is 32.6. The Morgan fingerprint density at radius 3 is 2.27 bits per heavy atom. The summed E-state index contributed by atoms with van der Waals surface area (Å²) in [7, 11) is 2.55. The van der Waals surface area contributed by atoms with Gasteiger partial charge in [0.1, 0.15) is 31.0 Å². The maximum Gasteiger partial charge on any atom is 0.338 e. The van der Waals surface area contributed by atoms with Gasteiger partial charge in [-0.1, -0.05) is 0 Å². The number of hydrogen-bond donors (Lipinski definition) is 9. The molecule has 5 atom stereocenters. The Hall–Kier alpha value is -4.75. The molecule has 0 saturated carbocycles. The minimum absolute atomic E-state index is 0.0304. The van der Waals surface area contributed by atoms with E-state index in [0.29, 0.717) is 25.9 Å². The molecule has 0 aliphatic carbocycles. The molecule has 0 unspecified atom stereocenters. The van der Waals surface area contributed by atoms with Gasteiger partial charge in [-0.2, -0.15) is 0 Å². The highest BCUT2D eigenvalue weighted by molar-refractivity contribution is 5.95. The highest BCUT2D eigenvalue weighted by Crippen LogP contribution is 2.38. The van der Waals surface area contributed by atoms with E-state index in [1.54, 1.807) is 6.92 Å². The first-order valence-corrected chi connectivity index (χ1v) is 14.9. The van der Waals surface area contributed by atoms with Crippen LogP contribution in [0.3, 0.4) is 0 Å². The van der Waals surface area contributed by atoms with E-state index in [2.05, 4.69) is 15.6 Å². The molecular weight excluding hydrogens is 640 g/mol. The Labute approximate surface area is 275 Å². The topological polar surface area (TPSA) is 273 Å². The third kappa shape index (κ3) is 9.64. The number of carboxylic acids is 1. The summed E-state index contributed by atoms with van der Waals surface area (Å²) in [5.74, 6) is -2.90. The number of nitrogens with one attached hydrogen (secondary N) is 2. The van der Waals surface area contributed by atoms with E-state index < -0.39 is 49.3 Å².